The van der Waals surface area contributed by atoms with E-state index in [1.54, 1.807) is 0 Å². The molecule has 0 aliphatic carbocycles. The van der Waals surface area contributed by atoms with Crippen molar-refractivity contribution in [3.8, 4) is 0 Å². The van der Waals surface area contributed by atoms with Crippen molar-refractivity contribution in [3.05, 3.63) is 31.6 Å². The Morgan fingerprint density at radius 1 is 1.47 bits per heavy atom. The van der Waals surface area contributed by atoms with Gasteiger partial charge in [0.25, 0.3) is 5.56 Å². The van der Waals surface area contributed by atoms with Crippen LogP contribution in [0.2, 0.25) is 5.15 Å². The molecule has 1 aromatic heterocycles. The Morgan fingerprint density at radius 2 is 2.21 bits per heavy atom. The first-order valence-electron chi connectivity index (χ1n) is 6.62. The van der Waals surface area contributed by atoms with Crippen LogP contribution in [0.1, 0.15) is 38.7 Å². The van der Waals surface area contributed by atoms with Crippen molar-refractivity contribution >= 4 is 11.6 Å². The lowest BCUT2D eigenvalue weighted by Gasteiger charge is -2.23. The van der Waals surface area contributed by atoms with Crippen molar-refractivity contribution in [2.24, 2.45) is 0 Å². The predicted octanol–water partition coefficient (Wildman–Crippen LogP) is 1.71. The molecule has 6 heteroatoms. The minimum atomic E-state index is -0.466. The highest BCUT2D eigenvalue weighted by Crippen LogP contribution is 2.26. The molecule has 1 aliphatic heterocycles. The molecule has 1 N–H and O–H groups in total. The molecule has 1 atom stereocenters. The monoisotopic (exact) mass is 286 g/mol. The van der Waals surface area contributed by atoms with Crippen LogP contribution in [0.25, 0.3) is 0 Å². The molecule has 1 saturated heterocycles. The van der Waals surface area contributed by atoms with Crippen molar-refractivity contribution < 1.29 is 4.74 Å². The van der Waals surface area contributed by atoms with Crippen molar-refractivity contribution in [2.45, 2.75) is 51.7 Å². The zero-order chi connectivity index (χ0) is 14.0. The zero-order valence-corrected chi connectivity index (χ0v) is 12.0. The summed E-state index contributed by atoms with van der Waals surface area (Å²) in [7, 11) is 0. The number of hydrogen-bond donors (Lipinski definition) is 1. The molecule has 1 aliphatic rings. The number of ether oxygens (including phenoxy) is 1. The van der Waals surface area contributed by atoms with Crippen molar-refractivity contribution in [1.29, 1.82) is 0 Å². The average molecular weight is 287 g/mol. The van der Waals surface area contributed by atoms with Crippen molar-refractivity contribution in [2.75, 3.05) is 6.61 Å². The second kappa shape index (κ2) is 5.51. The first-order valence-corrected chi connectivity index (χ1v) is 7.00. The predicted molar refractivity (Wildman–Crippen MR) is 73.9 cm³/mol. The van der Waals surface area contributed by atoms with E-state index in [2.05, 4.69) is 4.98 Å². The van der Waals surface area contributed by atoms with Gasteiger partial charge in [0.05, 0.1) is 17.7 Å². The lowest BCUT2D eigenvalue weighted by atomic mass is 10.0. The molecule has 0 saturated carbocycles. The summed E-state index contributed by atoms with van der Waals surface area (Å²) in [6, 6.07) is 0. The molecule has 19 heavy (non-hydrogen) atoms. The fourth-order valence-electron chi connectivity index (χ4n) is 2.49. The van der Waals surface area contributed by atoms with Crippen LogP contribution in [0, 0.1) is 0 Å². The number of rotatable bonds is 4. The van der Waals surface area contributed by atoms with Crippen LogP contribution in [0.5, 0.6) is 0 Å². The molecule has 0 spiro atoms. The lowest BCUT2D eigenvalue weighted by Crippen LogP contribution is -2.44. The van der Waals surface area contributed by atoms with E-state index in [1.807, 2.05) is 13.8 Å². The van der Waals surface area contributed by atoms with E-state index in [1.165, 1.54) is 4.57 Å². The van der Waals surface area contributed by atoms with Crippen LogP contribution in [0.15, 0.2) is 9.59 Å². The third-order valence-corrected chi connectivity index (χ3v) is 3.85. The largest absolute Gasteiger partial charge is 0.373 e. The molecule has 0 radical (unpaired) electrons. The second-order valence-electron chi connectivity index (χ2n) is 5.27. The van der Waals surface area contributed by atoms with Crippen molar-refractivity contribution in [1.82, 2.24) is 9.55 Å². The van der Waals surface area contributed by atoms with E-state index in [0.717, 1.165) is 19.3 Å². The molecular weight excluding hydrogens is 268 g/mol. The van der Waals surface area contributed by atoms with E-state index in [4.69, 9.17) is 16.3 Å². The van der Waals surface area contributed by atoms with Gasteiger partial charge in [-0.1, -0.05) is 24.9 Å². The van der Waals surface area contributed by atoms with E-state index >= 15 is 0 Å². The summed E-state index contributed by atoms with van der Waals surface area (Å²) in [5, 5.41) is 0.158. The summed E-state index contributed by atoms with van der Waals surface area (Å²) in [5.74, 6) is 0. The molecule has 1 aromatic rings. The molecule has 1 fully saturated rings. The van der Waals surface area contributed by atoms with E-state index < -0.39 is 11.3 Å². The number of H-pyrrole nitrogens is 1. The third kappa shape index (κ3) is 2.92. The Balaban J connectivity index is 2.42. The van der Waals surface area contributed by atoms with Gasteiger partial charge in [-0.15, -0.1) is 0 Å². The number of nitrogens with zero attached hydrogens (tertiary/aromatic N) is 1. The molecule has 106 valence electrons. The second-order valence-corrected chi connectivity index (χ2v) is 5.64. The molecule has 2 heterocycles. The highest BCUT2D eigenvalue weighted by molar-refractivity contribution is 6.30. The topological polar surface area (TPSA) is 64.1 Å². The lowest BCUT2D eigenvalue weighted by molar-refractivity contribution is 0.00444. The van der Waals surface area contributed by atoms with Crippen LogP contribution in [-0.4, -0.2) is 21.8 Å². The van der Waals surface area contributed by atoms with Crippen LogP contribution in [0.4, 0.5) is 0 Å². The summed E-state index contributed by atoms with van der Waals surface area (Å²) in [6.07, 6.45) is 3.17. The Bertz CT molecular complexity index is 570. The van der Waals surface area contributed by atoms with E-state index in [-0.39, 0.29) is 17.3 Å². The number of aromatic nitrogens is 2. The van der Waals surface area contributed by atoms with Gasteiger partial charge in [-0.2, -0.15) is 0 Å². The summed E-state index contributed by atoms with van der Waals surface area (Å²) in [6.45, 7) is 4.85. The fourth-order valence-corrected chi connectivity index (χ4v) is 2.75. The molecule has 5 nitrogen and oxygen atoms in total. The highest BCUT2D eigenvalue weighted by atomic mass is 35.5. The quantitative estimate of drug-likeness (QED) is 0.857. The van der Waals surface area contributed by atoms with Gasteiger partial charge < -0.3 is 4.74 Å². The normalized spacial score (nSPS) is 22.9. The number of aromatic amines is 1. The summed E-state index contributed by atoms with van der Waals surface area (Å²) < 4.78 is 6.85. The Morgan fingerprint density at radius 3 is 2.79 bits per heavy atom. The van der Waals surface area contributed by atoms with Crippen LogP contribution >= 0.6 is 11.6 Å². The van der Waals surface area contributed by atoms with Crippen molar-refractivity contribution in [3.63, 3.8) is 0 Å². The molecule has 2 rings (SSSR count). The maximum absolute atomic E-state index is 12.3. The number of hydrogen-bond acceptors (Lipinski definition) is 3. The van der Waals surface area contributed by atoms with Gasteiger partial charge >= 0.3 is 5.69 Å². The highest BCUT2D eigenvalue weighted by Gasteiger charge is 2.31. The zero-order valence-electron chi connectivity index (χ0n) is 11.3. The molecule has 0 bridgehead atoms. The molecular formula is C13H19ClN2O3. The molecule has 0 aromatic carbocycles. The fraction of sp³-hybridized carbons (Fsp3) is 0.692. The Kier molecular flexibility index (Phi) is 4.16. The SMILES string of the molecule is CCCc1c(Cl)[nH]c(=O)n(CC2(C)CCCO2)c1=O. The Labute approximate surface area is 116 Å². The van der Waals surface area contributed by atoms with Gasteiger partial charge in [0.2, 0.25) is 0 Å². The van der Waals surface area contributed by atoms with Gasteiger partial charge in [0.1, 0.15) is 5.15 Å². The van der Waals surface area contributed by atoms with Gasteiger partial charge in [-0.25, -0.2) is 4.79 Å². The summed E-state index contributed by atoms with van der Waals surface area (Å²) in [5.41, 5.74) is -0.724. The van der Waals surface area contributed by atoms with Gasteiger partial charge in [-0.05, 0) is 26.2 Å². The summed E-state index contributed by atoms with van der Waals surface area (Å²) in [4.78, 5) is 26.8. The van der Waals surface area contributed by atoms with Gasteiger partial charge in [-0.3, -0.25) is 14.3 Å². The van der Waals surface area contributed by atoms with Gasteiger partial charge in [0.15, 0.2) is 0 Å². The first-order chi connectivity index (χ1) is 8.97. The van der Waals surface area contributed by atoms with Gasteiger partial charge in [0, 0.05) is 6.61 Å². The molecule has 0 amide bonds. The summed E-state index contributed by atoms with van der Waals surface area (Å²) >= 11 is 5.94. The standard InChI is InChI=1S/C13H19ClN2O3/c1-3-5-9-10(14)15-12(18)16(11(9)17)8-13(2)6-4-7-19-13/h3-8H2,1-2H3,(H,15,18). The van der Waals surface area contributed by atoms with Crippen LogP contribution in [-0.2, 0) is 17.7 Å². The van der Waals surface area contributed by atoms with E-state index in [0.29, 0.717) is 18.6 Å². The Hall–Kier alpha value is -1.07. The minimum absolute atomic E-state index is 0.158. The van der Waals surface area contributed by atoms with Crippen LogP contribution in [0.3, 0.4) is 0 Å². The maximum Gasteiger partial charge on any atom is 0.329 e. The minimum Gasteiger partial charge on any atom is -0.373 e. The number of nitrogens with one attached hydrogen (secondary N) is 1. The first kappa shape index (κ1) is 14.3. The third-order valence-electron chi connectivity index (χ3n) is 3.52. The average Bonchev–Trinajstić information content (AvgIpc) is 2.77. The van der Waals surface area contributed by atoms with Crippen LogP contribution < -0.4 is 11.2 Å². The smallest absolute Gasteiger partial charge is 0.329 e. The number of halogens is 1. The van der Waals surface area contributed by atoms with E-state index in [9.17, 15) is 9.59 Å². The molecule has 1 unspecified atom stereocenters. The maximum atomic E-state index is 12.3.